The Kier molecular flexibility index (Phi) is 58.8. The van der Waals surface area contributed by atoms with E-state index in [1.165, 1.54) is 135 Å². The fourth-order valence-corrected chi connectivity index (χ4v) is 8.69. The molecule has 0 spiro atoms. The monoisotopic (exact) mass is 1030 g/mol. The third kappa shape index (κ3) is 59.2. The molecule has 0 aliphatic heterocycles. The van der Waals surface area contributed by atoms with Crippen LogP contribution in [-0.4, -0.2) is 37.2 Å². The molecule has 0 aliphatic rings. The van der Waals surface area contributed by atoms with Gasteiger partial charge in [0.2, 0.25) is 0 Å². The normalized spacial score (nSPS) is 12.7. The van der Waals surface area contributed by atoms with Crippen molar-refractivity contribution in [2.75, 3.05) is 13.2 Å². The lowest BCUT2D eigenvalue weighted by molar-refractivity contribution is -0.167. The van der Waals surface area contributed by atoms with Gasteiger partial charge in [-0.25, -0.2) is 0 Å². The van der Waals surface area contributed by atoms with E-state index in [1.54, 1.807) is 0 Å². The van der Waals surface area contributed by atoms with E-state index in [4.69, 9.17) is 14.2 Å². The first-order valence-corrected chi connectivity index (χ1v) is 31.2. The molecular formula is C68H116O6. The fraction of sp³-hybridized carbons (Fsp3) is 0.721. The van der Waals surface area contributed by atoms with Crippen LogP contribution in [0, 0.1) is 0 Å². The standard InChI is InChI=1S/C68H116O6/c1-4-7-10-13-16-18-20-22-24-26-28-29-30-31-32-33-34-35-36-37-38-39-40-42-43-45-47-49-52-55-58-61-67(70)73-64-65(63-72-66(69)60-57-54-51-15-12-9-6-3)74-68(71)62-59-56-53-50-48-46-44-41-27-25-23-21-19-17-14-11-8-5-2/h7,10,16,18,22,24,28-29,31-32,34-35,37-38,40,42,65H,4-6,8-9,11-15,17,19-21,23,25-27,30,33,36,39,41,43-64H2,1-3H3/b10-7-,18-16-,24-22-,29-28-,32-31-,35-34-,38-37-,42-40-. The SMILES string of the molecule is CC/C=C\C/C=C\C/C=C\C/C=C\C/C=C\C/C=C\C/C=C\C/C=C\CCCCCCCCC(=O)OCC(COC(=O)CCCCCCCCC)OC(=O)CCCCCCCCCCCCCCCCCCCC. The molecule has 6 heteroatoms. The summed E-state index contributed by atoms with van der Waals surface area (Å²) < 4.78 is 16.8. The van der Waals surface area contributed by atoms with Crippen LogP contribution in [0.15, 0.2) is 97.2 Å². The number of allylic oxidation sites excluding steroid dienone is 16. The highest BCUT2D eigenvalue weighted by molar-refractivity contribution is 5.71. The molecule has 424 valence electrons. The van der Waals surface area contributed by atoms with Crippen molar-refractivity contribution in [3.05, 3.63) is 97.2 Å². The summed E-state index contributed by atoms with van der Waals surface area (Å²) in [5.74, 6) is -0.892. The van der Waals surface area contributed by atoms with Gasteiger partial charge in [-0.2, -0.15) is 0 Å². The minimum absolute atomic E-state index is 0.0789. The van der Waals surface area contributed by atoms with Gasteiger partial charge in [0.05, 0.1) is 0 Å². The Labute approximate surface area is 457 Å². The van der Waals surface area contributed by atoms with Gasteiger partial charge < -0.3 is 14.2 Å². The number of unbranched alkanes of at least 4 members (excludes halogenated alkanes) is 29. The maximum absolute atomic E-state index is 12.8. The van der Waals surface area contributed by atoms with Crippen LogP contribution in [0.4, 0.5) is 0 Å². The van der Waals surface area contributed by atoms with Crippen molar-refractivity contribution in [2.24, 2.45) is 0 Å². The van der Waals surface area contributed by atoms with Crippen LogP contribution >= 0.6 is 0 Å². The van der Waals surface area contributed by atoms with Gasteiger partial charge in [0.25, 0.3) is 0 Å². The minimum Gasteiger partial charge on any atom is -0.462 e. The Morgan fingerprint density at radius 1 is 0.284 bits per heavy atom. The number of carbonyl (C=O) groups excluding carboxylic acids is 3. The van der Waals surface area contributed by atoms with Crippen molar-refractivity contribution in [1.82, 2.24) is 0 Å². The van der Waals surface area contributed by atoms with Crippen LogP contribution in [-0.2, 0) is 28.6 Å². The molecule has 0 fully saturated rings. The van der Waals surface area contributed by atoms with Gasteiger partial charge in [0.15, 0.2) is 6.10 Å². The van der Waals surface area contributed by atoms with Gasteiger partial charge in [-0.3, -0.25) is 14.4 Å². The summed E-state index contributed by atoms with van der Waals surface area (Å²) in [6.45, 7) is 6.50. The molecule has 0 bridgehead atoms. The molecule has 0 saturated heterocycles. The first-order chi connectivity index (χ1) is 36.5. The summed E-state index contributed by atoms with van der Waals surface area (Å²) in [6.07, 6.45) is 82.9. The summed E-state index contributed by atoms with van der Waals surface area (Å²) in [6, 6.07) is 0. The smallest absolute Gasteiger partial charge is 0.306 e. The summed E-state index contributed by atoms with van der Waals surface area (Å²) in [4.78, 5) is 38.0. The van der Waals surface area contributed by atoms with E-state index in [2.05, 4.69) is 118 Å². The van der Waals surface area contributed by atoms with Crippen LogP contribution < -0.4 is 0 Å². The molecule has 0 aliphatic carbocycles. The van der Waals surface area contributed by atoms with E-state index in [1.807, 2.05) is 0 Å². The van der Waals surface area contributed by atoms with Crippen molar-refractivity contribution >= 4 is 17.9 Å². The van der Waals surface area contributed by atoms with Crippen molar-refractivity contribution in [2.45, 2.75) is 303 Å². The second kappa shape index (κ2) is 61.9. The molecule has 1 atom stereocenters. The predicted molar refractivity (Wildman–Crippen MR) is 320 cm³/mol. The Hall–Kier alpha value is -3.67. The van der Waals surface area contributed by atoms with Crippen LogP contribution in [0.25, 0.3) is 0 Å². The zero-order chi connectivity index (χ0) is 53.6. The number of esters is 3. The van der Waals surface area contributed by atoms with E-state index in [0.29, 0.717) is 19.3 Å². The zero-order valence-corrected chi connectivity index (χ0v) is 48.6. The lowest BCUT2D eigenvalue weighted by Gasteiger charge is -2.18. The fourth-order valence-electron chi connectivity index (χ4n) is 8.69. The Morgan fingerprint density at radius 3 is 0.824 bits per heavy atom. The number of ether oxygens (including phenoxy) is 3. The van der Waals surface area contributed by atoms with Crippen molar-refractivity contribution in [3.63, 3.8) is 0 Å². The topological polar surface area (TPSA) is 78.9 Å². The van der Waals surface area contributed by atoms with E-state index in [9.17, 15) is 14.4 Å². The molecule has 0 rings (SSSR count). The first kappa shape index (κ1) is 70.3. The Balaban J connectivity index is 4.17. The molecule has 1 unspecified atom stereocenters. The second-order valence-electron chi connectivity index (χ2n) is 20.6. The molecule has 0 aromatic carbocycles. The summed E-state index contributed by atoms with van der Waals surface area (Å²) in [7, 11) is 0. The van der Waals surface area contributed by atoms with Crippen molar-refractivity contribution in [1.29, 1.82) is 0 Å². The van der Waals surface area contributed by atoms with Crippen LogP contribution in [0.1, 0.15) is 297 Å². The molecule has 74 heavy (non-hydrogen) atoms. The largest absolute Gasteiger partial charge is 0.462 e. The van der Waals surface area contributed by atoms with Crippen LogP contribution in [0.5, 0.6) is 0 Å². The van der Waals surface area contributed by atoms with Gasteiger partial charge in [-0.1, -0.05) is 291 Å². The third-order valence-corrected chi connectivity index (χ3v) is 13.4. The number of rotatable bonds is 56. The Morgan fingerprint density at radius 2 is 0.527 bits per heavy atom. The molecule has 0 radical (unpaired) electrons. The lowest BCUT2D eigenvalue weighted by atomic mass is 10.0. The van der Waals surface area contributed by atoms with Crippen molar-refractivity contribution in [3.8, 4) is 0 Å². The van der Waals surface area contributed by atoms with Crippen LogP contribution in [0.2, 0.25) is 0 Å². The molecule has 0 aromatic heterocycles. The maximum atomic E-state index is 12.8. The van der Waals surface area contributed by atoms with Gasteiger partial charge >= 0.3 is 17.9 Å². The highest BCUT2D eigenvalue weighted by Crippen LogP contribution is 2.16. The highest BCUT2D eigenvalue weighted by Gasteiger charge is 2.19. The average molecular weight is 1030 g/mol. The van der Waals surface area contributed by atoms with Crippen LogP contribution in [0.3, 0.4) is 0 Å². The van der Waals surface area contributed by atoms with E-state index < -0.39 is 6.10 Å². The molecule has 0 amide bonds. The number of hydrogen-bond acceptors (Lipinski definition) is 6. The van der Waals surface area contributed by atoms with Gasteiger partial charge in [0.1, 0.15) is 13.2 Å². The summed E-state index contributed by atoms with van der Waals surface area (Å²) in [5.41, 5.74) is 0. The highest BCUT2D eigenvalue weighted by atomic mass is 16.6. The van der Waals surface area contributed by atoms with E-state index in [0.717, 1.165) is 122 Å². The van der Waals surface area contributed by atoms with Gasteiger partial charge in [0, 0.05) is 19.3 Å². The summed E-state index contributed by atoms with van der Waals surface area (Å²) in [5, 5.41) is 0. The Bertz CT molecular complexity index is 1460. The zero-order valence-electron chi connectivity index (χ0n) is 48.6. The molecule has 6 nitrogen and oxygen atoms in total. The minimum atomic E-state index is -0.779. The van der Waals surface area contributed by atoms with Crippen molar-refractivity contribution < 1.29 is 28.6 Å². The quantitative estimate of drug-likeness (QED) is 0.0261. The molecule has 0 N–H and O–H groups in total. The second-order valence-corrected chi connectivity index (χ2v) is 20.6. The molecule has 0 heterocycles. The van der Waals surface area contributed by atoms with E-state index in [-0.39, 0.29) is 31.1 Å². The first-order valence-electron chi connectivity index (χ1n) is 31.2. The number of hydrogen-bond donors (Lipinski definition) is 0. The average Bonchev–Trinajstić information content (AvgIpc) is 3.40. The van der Waals surface area contributed by atoms with E-state index >= 15 is 0 Å². The lowest BCUT2D eigenvalue weighted by Crippen LogP contribution is -2.30. The molecule has 0 aromatic rings. The molecule has 0 saturated carbocycles. The van der Waals surface area contributed by atoms with Gasteiger partial charge in [-0.05, 0) is 83.5 Å². The predicted octanol–water partition coefficient (Wildman–Crippen LogP) is 21.3. The third-order valence-electron chi connectivity index (χ3n) is 13.4. The number of carbonyl (C=O) groups is 3. The van der Waals surface area contributed by atoms with Gasteiger partial charge in [-0.15, -0.1) is 0 Å². The molecular weight excluding hydrogens is 913 g/mol. The maximum Gasteiger partial charge on any atom is 0.306 e. The summed E-state index contributed by atoms with van der Waals surface area (Å²) >= 11 is 0.